The first-order valence-electron chi connectivity index (χ1n) is 4.45. The van der Waals surface area contributed by atoms with Gasteiger partial charge in [-0.05, 0) is 13.8 Å². The van der Waals surface area contributed by atoms with Gasteiger partial charge in [0.2, 0.25) is 0 Å². The first kappa shape index (κ1) is 9.92. The van der Waals surface area contributed by atoms with Gasteiger partial charge < -0.3 is 10.3 Å². The quantitative estimate of drug-likeness (QED) is 0.699. The van der Waals surface area contributed by atoms with Crippen LogP contribution in [0.15, 0.2) is 12.4 Å². The first-order chi connectivity index (χ1) is 6.15. The van der Waals surface area contributed by atoms with Gasteiger partial charge in [0.1, 0.15) is 0 Å². The molecule has 1 rings (SSSR count). The lowest BCUT2D eigenvalue weighted by molar-refractivity contribution is 0.0962. The van der Waals surface area contributed by atoms with Crippen LogP contribution in [-0.4, -0.2) is 21.4 Å². The van der Waals surface area contributed by atoms with E-state index in [2.05, 4.69) is 4.98 Å². The zero-order valence-corrected chi connectivity index (χ0v) is 8.03. The maximum absolute atomic E-state index is 11.5. The van der Waals surface area contributed by atoms with E-state index >= 15 is 0 Å². The second kappa shape index (κ2) is 4.18. The third-order valence-electron chi connectivity index (χ3n) is 1.81. The fourth-order valence-electron chi connectivity index (χ4n) is 1.20. The summed E-state index contributed by atoms with van der Waals surface area (Å²) in [5, 5.41) is 0. The van der Waals surface area contributed by atoms with Crippen LogP contribution in [0.2, 0.25) is 0 Å². The summed E-state index contributed by atoms with van der Waals surface area (Å²) < 4.78 is 1.82. The average Bonchev–Trinajstić information content (AvgIpc) is 2.49. The van der Waals surface area contributed by atoms with Crippen molar-refractivity contribution in [2.24, 2.45) is 5.73 Å². The summed E-state index contributed by atoms with van der Waals surface area (Å²) in [6.07, 6.45) is 3.79. The van der Waals surface area contributed by atoms with Crippen LogP contribution in [0.5, 0.6) is 0 Å². The fraction of sp³-hybridized carbons (Fsp3) is 0.556. The Labute approximate surface area is 77.8 Å². The Bertz CT molecular complexity index is 291. The summed E-state index contributed by atoms with van der Waals surface area (Å²) in [6.45, 7) is 4.56. The molecule has 1 atom stereocenters. The van der Waals surface area contributed by atoms with Crippen LogP contribution in [0, 0.1) is 0 Å². The van der Waals surface area contributed by atoms with E-state index in [1.54, 1.807) is 12.4 Å². The number of aryl methyl sites for hydroxylation is 1. The van der Waals surface area contributed by atoms with Crippen LogP contribution in [-0.2, 0) is 6.54 Å². The number of carbonyl (C=O) groups is 1. The monoisotopic (exact) mass is 181 g/mol. The standard InChI is InChI=1S/C9H15N3O/c1-3-12-5-4-11-9(12)8(13)6-7(2)10/h4-5,7H,3,6,10H2,1-2H3. The molecule has 0 saturated heterocycles. The van der Waals surface area contributed by atoms with E-state index < -0.39 is 0 Å². The number of nitrogens with zero attached hydrogens (tertiary/aromatic N) is 2. The van der Waals surface area contributed by atoms with Crippen molar-refractivity contribution in [3.05, 3.63) is 18.2 Å². The summed E-state index contributed by atoms with van der Waals surface area (Å²) >= 11 is 0. The van der Waals surface area contributed by atoms with Gasteiger partial charge in [-0.1, -0.05) is 0 Å². The number of ketones is 1. The van der Waals surface area contributed by atoms with E-state index in [1.807, 2.05) is 18.4 Å². The van der Waals surface area contributed by atoms with Crippen molar-refractivity contribution in [1.82, 2.24) is 9.55 Å². The van der Waals surface area contributed by atoms with Gasteiger partial charge >= 0.3 is 0 Å². The van der Waals surface area contributed by atoms with Gasteiger partial charge in [-0.25, -0.2) is 4.98 Å². The highest BCUT2D eigenvalue weighted by Crippen LogP contribution is 2.02. The second-order valence-corrected chi connectivity index (χ2v) is 3.14. The number of aromatic nitrogens is 2. The lowest BCUT2D eigenvalue weighted by Crippen LogP contribution is -2.21. The molecule has 13 heavy (non-hydrogen) atoms. The van der Waals surface area contributed by atoms with E-state index in [0.717, 1.165) is 6.54 Å². The summed E-state index contributed by atoms with van der Waals surface area (Å²) in [5.41, 5.74) is 5.53. The molecule has 1 unspecified atom stereocenters. The molecule has 0 aliphatic rings. The minimum absolute atomic E-state index is 0.0156. The molecule has 0 fully saturated rings. The smallest absolute Gasteiger partial charge is 0.199 e. The Morgan fingerprint density at radius 3 is 3.00 bits per heavy atom. The molecule has 0 aliphatic heterocycles. The predicted molar refractivity (Wildman–Crippen MR) is 50.5 cm³/mol. The van der Waals surface area contributed by atoms with Crippen molar-refractivity contribution >= 4 is 5.78 Å². The van der Waals surface area contributed by atoms with Gasteiger partial charge in [-0.15, -0.1) is 0 Å². The molecule has 0 spiro atoms. The summed E-state index contributed by atoms with van der Waals surface area (Å²) in [4.78, 5) is 15.5. The third kappa shape index (κ3) is 2.39. The first-order valence-corrected chi connectivity index (χ1v) is 4.45. The average molecular weight is 181 g/mol. The van der Waals surface area contributed by atoms with Gasteiger partial charge in [0.15, 0.2) is 11.6 Å². The minimum atomic E-state index is -0.102. The molecule has 1 heterocycles. The molecule has 0 aromatic carbocycles. The number of hydrogen-bond acceptors (Lipinski definition) is 3. The van der Waals surface area contributed by atoms with E-state index in [1.165, 1.54) is 0 Å². The van der Waals surface area contributed by atoms with Crippen molar-refractivity contribution < 1.29 is 4.79 Å². The molecule has 4 heteroatoms. The maximum atomic E-state index is 11.5. The molecule has 0 aliphatic carbocycles. The Morgan fingerprint density at radius 1 is 1.77 bits per heavy atom. The minimum Gasteiger partial charge on any atom is -0.329 e. The molecule has 2 N–H and O–H groups in total. The van der Waals surface area contributed by atoms with Crippen molar-refractivity contribution in [3.8, 4) is 0 Å². The van der Waals surface area contributed by atoms with Gasteiger partial charge in [-0.2, -0.15) is 0 Å². The molecule has 1 aromatic heterocycles. The highest BCUT2D eigenvalue weighted by atomic mass is 16.1. The fourth-order valence-corrected chi connectivity index (χ4v) is 1.20. The highest BCUT2D eigenvalue weighted by molar-refractivity contribution is 5.93. The second-order valence-electron chi connectivity index (χ2n) is 3.14. The number of rotatable bonds is 4. The lowest BCUT2D eigenvalue weighted by Gasteiger charge is -2.05. The number of Topliss-reactive ketones (excluding diaryl/α,β-unsaturated/α-hetero) is 1. The van der Waals surface area contributed by atoms with Crippen molar-refractivity contribution in [2.45, 2.75) is 32.9 Å². The van der Waals surface area contributed by atoms with Crippen LogP contribution in [0.4, 0.5) is 0 Å². The van der Waals surface area contributed by atoms with Crippen molar-refractivity contribution in [2.75, 3.05) is 0 Å². The molecular formula is C9H15N3O. The molecule has 72 valence electrons. The number of hydrogen-bond donors (Lipinski definition) is 1. The van der Waals surface area contributed by atoms with Crippen LogP contribution in [0.25, 0.3) is 0 Å². The largest absolute Gasteiger partial charge is 0.329 e. The predicted octanol–water partition coefficient (Wildman–Crippen LogP) is 0.823. The van der Waals surface area contributed by atoms with Crippen molar-refractivity contribution in [1.29, 1.82) is 0 Å². The molecule has 0 saturated carbocycles. The van der Waals surface area contributed by atoms with Crippen LogP contribution < -0.4 is 5.73 Å². The highest BCUT2D eigenvalue weighted by Gasteiger charge is 2.13. The molecule has 0 bridgehead atoms. The van der Waals surface area contributed by atoms with Crippen molar-refractivity contribution in [3.63, 3.8) is 0 Å². The Hall–Kier alpha value is -1.16. The molecular weight excluding hydrogens is 166 g/mol. The lowest BCUT2D eigenvalue weighted by atomic mass is 10.2. The Kier molecular flexibility index (Phi) is 3.19. The maximum Gasteiger partial charge on any atom is 0.199 e. The normalized spacial score (nSPS) is 12.8. The molecule has 4 nitrogen and oxygen atoms in total. The summed E-state index contributed by atoms with van der Waals surface area (Å²) in [7, 11) is 0. The number of nitrogens with two attached hydrogens (primary N) is 1. The van der Waals surface area contributed by atoms with Gasteiger partial charge in [0, 0.05) is 31.4 Å². The zero-order chi connectivity index (χ0) is 9.84. The Balaban J connectivity index is 2.76. The third-order valence-corrected chi connectivity index (χ3v) is 1.81. The van der Waals surface area contributed by atoms with Crippen LogP contribution in [0.3, 0.4) is 0 Å². The zero-order valence-electron chi connectivity index (χ0n) is 8.03. The molecule has 1 aromatic rings. The summed E-state index contributed by atoms with van der Waals surface area (Å²) in [6, 6.07) is -0.102. The summed E-state index contributed by atoms with van der Waals surface area (Å²) in [5.74, 6) is 0.529. The van der Waals surface area contributed by atoms with Crippen LogP contribution in [0.1, 0.15) is 30.9 Å². The number of imidazole rings is 1. The van der Waals surface area contributed by atoms with E-state index in [9.17, 15) is 4.79 Å². The van der Waals surface area contributed by atoms with Gasteiger partial charge in [-0.3, -0.25) is 4.79 Å². The number of carbonyl (C=O) groups excluding carboxylic acids is 1. The Morgan fingerprint density at radius 2 is 2.46 bits per heavy atom. The van der Waals surface area contributed by atoms with E-state index in [0.29, 0.717) is 12.2 Å². The van der Waals surface area contributed by atoms with Crippen LogP contribution >= 0.6 is 0 Å². The van der Waals surface area contributed by atoms with Gasteiger partial charge in [0.05, 0.1) is 0 Å². The van der Waals surface area contributed by atoms with E-state index in [-0.39, 0.29) is 11.8 Å². The molecule has 0 amide bonds. The topological polar surface area (TPSA) is 60.9 Å². The molecule has 0 radical (unpaired) electrons. The van der Waals surface area contributed by atoms with Gasteiger partial charge in [0.25, 0.3) is 0 Å². The van der Waals surface area contributed by atoms with E-state index in [4.69, 9.17) is 5.73 Å². The SMILES string of the molecule is CCn1ccnc1C(=O)CC(C)N.